The molecule has 16 heavy (non-hydrogen) atoms. The maximum absolute atomic E-state index is 10.5. The normalized spacial score (nSPS) is 18.3. The summed E-state index contributed by atoms with van der Waals surface area (Å²) in [7, 11) is 0. The summed E-state index contributed by atoms with van der Waals surface area (Å²) in [4.78, 5) is 10.5. The van der Waals surface area contributed by atoms with Gasteiger partial charge in [0.15, 0.2) is 0 Å². The van der Waals surface area contributed by atoms with Crippen molar-refractivity contribution in [1.29, 1.82) is 0 Å². The Morgan fingerprint density at radius 2 is 2.00 bits per heavy atom. The lowest BCUT2D eigenvalue weighted by Crippen LogP contribution is -2.45. The van der Waals surface area contributed by atoms with Gasteiger partial charge in [-0.15, -0.1) is 0 Å². The van der Waals surface area contributed by atoms with Gasteiger partial charge in [0.05, 0.1) is 18.6 Å². The Bertz CT molecular complexity index is 418. The summed E-state index contributed by atoms with van der Waals surface area (Å²) in [5.74, 6) is -0.944. The molecule has 0 aromatic heterocycles. The van der Waals surface area contributed by atoms with Crippen LogP contribution in [0.5, 0.6) is 0 Å². The molecule has 0 spiro atoms. The van der Waals surface area contributed by atoms with Crippen molar-refractivity contribution in [3.05, 3.63) is 47.0 Å². The second kappa shape index (κ2) is 4.28. The van der Waals surface area contributed by atoms with Crippen LogP contribution in [0.1, 0.15) is 5.56 Å². The zero-order chi connectivity index (χ0) is 11.6. The first kappa shape index (κ1) is 11.2. The van der Waals surface area contributed by atoms with Crippen molar-refractivity contribution in [3.8, 4) is 0 Å². The van der Waals surface area contributed by atoms with Crippen molar-refractivity contribution >= 4 is 17.6 Å². The number of rotatable bonds is 3. The van der Waals surface area contributed by atoms with E-state index in [0.29, 0.717) is 18.2 Å². The molecule has 1 aliphatic heterocycles. The maximum Gasteiger partial charge on any atom is 0.328 e. The van der Waals surface area contributed by atoms with E-state index < -0.39 is 5.97 Å². The fourth-order valence-corrected chi connectivity index (χ4v) is 1.82. The Hall–Kier alpha value is -1.32. The molecule has 0 aliphatic carbocycles. The van der Waals surface area contributed by atoms with Crippen LogP contribution < -0.4 is 0 Å². The van der Waals surface area contributed by atoms with E-state index >= 15 is 0 Å². The highest BCUT2D eigenvalue weighted by Crippen LogP contribution is 2.34. The Balaban J connectivity index is 2.27. The average Bonchev–Trinajstić information content (AvgIpc) is 2.18. The molecule has 0 radical (unpaired) electrons. The second-order valence-corrected chi connectivity index (χ2v) is 4.26. The summed E-state index contributed by atoms with van der Waals surface area (Å²) < 4.78 is 5.18. The van der Waals surface area contributed by atoms with Crippen LogP contribution in [0.25, 0.3) is 0 Å². The van der Waals surface area contributed by atoms with Crippen molar-refractivity contribution in [3.63, 3.8) is 0 Å². The van der Waals surface area contributed by atoms with E-state index in [1.807, 2.05) is 12.1 Å². The molecule has 1 fully saturated rings. The topological polar surface area (TPSA) is 46.5 Å². The second-order valence-electron chi connectivity index (χ2n) is 3.83. The molecular weight excluding hydrogens is 228 g/mol. The molecule has 1 saturated heterocycles. The van der Waals surface area contributed by atoms with Crippen molar-refractivity contribution in [2.75, 3.05) is 13.2 Å². The highest BCUT2D eigenvalue weighted by molar-refractivity contribution is 6.30. The number of hydrogen-bond donors (Lipinski definition) is 1. The monoisotopic (exact) mass is 238 g/mol. The van der Waals surface area contributed by atoms with Gasteiger partial charge in [0, 0.05) is 11.1 Å². The van der Waals surface area contributed by atoms with E-state index in [-0.39, 0.29) is 5.41 Å². The molecule has 0 saturated carbocycles. The van der Waals surface area contributed by atoms with Gasteiger partial charge in [0.25, 0.3) is 0 Å². The number of carbonyl (C=O) groups is 1. The highest BCUT2D eigenvalue weighted by atomic mass is 35.5. The van der Waals surface area contributed by atoms with Crippen molar-refractivity contribution in [2.24, 2.45) is 0 Å². The molecule has 0 atom stereocenters. The third-order valence-corrected chi connectivity index (χ3v) is 2.94. The molecule has 3 nitrogen and oxygen atoms in total. The first-order valence-corrected chi connectivity index (χ1v) is 5.26. The Morgan fingerprint density at radius 1 is 1.38 bits per heavy atom. The summed E-state index contributed by atoms with van der Waals surface area (Å²) in [5.41, 5.74) is 0.726. The van der Waals surface area contributed by atoms with Gasteiger partial charge in [-0.3, -0.25) is 0 Å². The number of carboxylic acids is 1. The molecule has 1 aromatic carbocycles. The number of aliphatic carboxylic acids is 1. The maximum atomic E-state index is 10.5. The molecule has 0 unspecified atom stereocenters. The number of halogens is 1. The minimum Gasteiger partial charge on any atom is -0.478 e. The van der Waals surface area contributed by atoms with Crippen molar-refractivity contribution in [2.45, 2.75) is 5.41 Å². The first-order valence-electron chi connectivity index (χ1n) is 4.88. The Kier molecular flexibility index (Phi) is 2.99. The van der Waals surface area contributed by atoms with E-state index in [2.05, 4.69) is 0 Å². The number of hydrogen-bond acceptors (Lipinski definition) is 2. The third-order valence-electron chi connectivity index (χ3n) is 2.68. The molecule has 2 rings (SSSR count). The van der Waals surface area contributed by atoms with Crippen LogP contribution in [0.2, 0.25) is 5.02 Å². The smallest absolute Gasteiger partial charge is 0.328 e. The Labute approximate surface area is 98.3 Å². The predicted octanol–water partition coefficient (Wildman–Crippen LogP) is 2.25. The van der Waals surface area contributed by atoms with Gasteiger partial charge in [0.2, 0.25) is 0 Å². The van der Waals surface area contributed by atoms with E-state index in [0.717, 1.165) is 11.6 Å². The number of ether oxygens (including phenoxy) is 1. The summed E-state index contributed by atoms with van der Waals surface area (Å²) >= 11 is 5.81. The van der Waals surface area contributed by atoms with Gasteiger partial charge in [-0.1, -0.05) is 29.8 Å². The van der Waals surface area contributed by atoms with E-state index in [9.17, 15) is 4.79 Å². The van der Waals surface area contributed by atoms with Crippen molar-refractivity contribution < 1.29 is 14.6 Å². The van der Waals surface area contributed by atoms with E-state index in [4.69, 9.17) is 21.4 Å². The summed E-state index contributed by atoms with van der Waals surface area (Å²) in [6, 6.07) is 7.39. The van der Waals surface area contributed by atoms with Gasteiger partial charge < -0.3 is 9.84 Å². The van der Waals surface area contributed by atoms with Crippen LogP contribution in [-0.4, -0.2) is 24.3 Å². The van der Waals surface area contributed by atoms with Crippen molar-refractivity contribution in [1.82, 2.24) is 0 Å². The molecule has 4 heteroatoms. The molecule has 1 N–H and O–H groups in total. The first-order chi connectivity index (χ1) is 7.62. The minimum atomic E-state index is -0.944. The third kappa shape index (κ3) is 2.10. The lowest BCUT2D eigenvalue weighted by atomic mass is 9.78. The van der Waals surface area contributed by atoms with Crippen LogP contribution in [0.4, 0.5) is 0 Å². The van der Waals surface area contributed by atoms with E-state index in [1.54, 1.807) is 18.2 Å². The zero-order valence-corrected chi connectivity index (χ0v) is 9.28. The molecule has 0 bridgehead atoms. The number of benzene rings is 1. The zero-order valence-electron chi connectivity index (χ0n) is 8.52. The molecular formula is C12H11ClO3. The molecule has 84 valence electrons. The fourth-order valence-electron chi connectivity index (χ4n) is 1.69. The predicted molar refractivity (Wildman–Crippen MR) is 60.7 cm³/mol. The van der Waals surface area contributed by atoms with Crippen LogP contribution in [0, 0.1) is 0 Å². The van der Waals surface area contributed by atoms with Crippen LogP contribution in [0.3, 0.4) is 0 Å². The molecule has 1 aromatic rings. The van der Waals surface area contributed by atoms with Crippen LogP contribution in [0.15, 0.2) is 36.4 Å². The van der Waals surface area contributed by atoms with Gasteiger partial charge in [0.1, 0.15) is 0 Å². The van der Waals surface area contributed by atoms with Gasteiger partial charge in [-0.25, -0.2) is 4.79 Å². The lowest BCUT2D eigenvalue weighted by molar-refractivity contribution is -0.131. The Morgan fingerprint density at radius 3 is 2.44 bits per heavy atom. The summed E-state index contributed by atoms with van der Waals surface area (Å²) in [6.07, 6.45) is 2.85. The standard InChI is InChI=1S/C12H11ClO3/c13-10-3-1-9(2-4-10)12(7-16-8-12)6-5-11(14)15/h1-6H,7-8H2,(H,14,15)/b6-5+. The van der Waals surface area contributed by atoms with Crippen LogP contribution in [-0.2, 0) is 14.9 Å². The molecule has 0 amide bonds. The minimum absolute atomic E-state index is 0.303. The summed E-state index contributed by atoms with van der Waals surface area (Å²) in [5, 5.41) is 9.31. The summed E-state index contributed by atoms with van der Waals surface area (Å²) in [6.45, 7) is 1.02. The fraction of sp³-hybridized carbons (Fsp3) is 0.250. The highest BCUT2D eigenvalue weighted by Gasteiger charge is 2.37. The lowest BCUT2D eigenvalue weighted by Gasteiger charge is -2.39. The van der Waals surface area contributed by atoms with Gasteiger partial charge >= 0.3 is 5.97 Å². The van der Waals surface area contributed by atoms with Gasteiger partial charge in [-0.05, 0) is 17.7 Å². The molecule has 1 aliphatic rings. The quantitative estimate of drug-likeness (QED) is 0.822. The number of carboxylic acid groups (broad SMARTS) is 1. The SMILES string of the molecule is O=C(O)/C=C/C1(c2ccc(Cl)cc2)COC1. The van der Waals surface area contributed by atoms with Crippen LogP contribution >= 0.6 is 11.6 Å². The largest absolute Gasteiger partial charge is 0.478 e. The average molecular weight is 239 g/mol. The van der Waals surface area contributed by atoms with E-state index in [1.165, 1.54) is 0 Å². The molecule has 1 heterocycles. The van der Waals surface area contributed by atoms with Gasteiger partial charge in [-0.2, -0.15) is 0 Å².